The number of piperazine rings is 1. The third kappa shape index (κ3) is 4.67. The van der Waals surface area contributed by atoms with E-state index in [1.807, 2.05) is 26.0 Å². The van der Waals surface area contributed by atoms with Gasteiger partial charge in [0.2, 0.25) is 0 Å². The number of rotatable bonds is 3. The molecule has 1 saturated heterocycles. The molecule has 0 spiro atoms. The molecule has 0 radical (unpaired) electrons. The maximum atomic E-state index is 13.3. The summed E-state index contributed by atoms with van der Waals surface area (Å²) in [7, 11) is 0. The molecule has 1 aromatic heterocycles. The number of anilines is 2. The lowest BCUT2D eigenvalue weighted by atomic mass is 10.1. The van der Waals surface area contributed by atoms with Crippen molar-refractivity contribution in [3.05, 3.63) is 70.1 Å². The van der Waals surface area contributed by atoms with Crippen molar-refractivity contribution in [1.82, 2.24) is 14.9 Å². The average Bonchev–Trinajstić information content (AvgIpc) is 2.78. The van der Waals surface area contributed by atoms with Crippen LogP contribution in [-0.4, -0.2) is 47.1 Å². The standard InChI is InChI=1S/C24H25ClFN5O/c1-15-5-4-6-18(13-15)22-27-17(3)16(2)23(29-22)30-9-11-31(12-10-30)24(32)28-19-7-8-21(26)20(25)14-19/h4-8,13-14H,9-12H2,1-3H3,(H,28,32). The van der Waals surface area contributed by atoms with E-state index in [9.17, 15) is 9.18 Å². The maximum absolute atomic E-state index is 13.3. The van der Waals surface area contributed by atoms with Crippen molar-refractivity contribution in [1.29, 1.82) is 0 Å². The molecule has 3 aromatic rings. The average molecular weight is 454 g/mol. The Balaban J connectivity index is 1.46. The molecule has 0 bridgehead atoms. The van der Waals surface area contributed by atoms with Crippen molar-refractivity contribution in [3.8, 4) is 11.4 Å². The zero-order valence-corrected chi connectivity index (χ0v) is 19.1. The third-order valence-electron chi connectivity index (χ3n) is 5.68. The van der Waals surface area contributed by atoms with E-state index >= 15 is 0 Å². The molecular weight excluding hydrogens is 429 g/mol. The van der Waals surface area contributed by atoms with E-state index in [2.05, 4.69) is 29.3 Å². The number of aromatic nitrogens is 2. The van der Waals surface area contributed by atoms with E-state index in [0.29, 0.717) is 37.7 Å². The molecule has 32 heavy (non-hydrogen) atoms. The molecule has 2 heterocycles. The second-order valence-electron chi connectivity index (χ2n) is 7.98. The van der Waals surface area contributed by atoms with Gasteiger partial charge in [-0.05, 0) is 45.0 Å². The number of urea groups is 1. The van der Waals surface area contributed by atoms with Crippen LogP contribution in [0, 0.1) is 26.6 Å². The van der Waals surface area contributed by atoms with Crippen LogP contribution in [0.5, 0.6) is 0 Å². The SMILES string of the molecule is Cc1cccc(-c2nc(C)c(C)c(N3CCN(C(=O)Nc4ccc(F)c(Cl)c4)CC3)n2)c1. The fourth-order valence-electron chi connectivity index (χ4n) is 3.73. The zero-order valence-electron chi connectivity index (χ0n) is 18.3. The van der Waals surface area contributed by atoms with Crippen LogP contribution in [0.3, 0.4) is 0 Å². The fraction of sp³-hybridized carbons (Fsp3) is 0.292. The molecule has 0 saturated carbocycles. The molecule has 6 nitrogen and oxygen atoms in total. The first kappa shape index (κ1) is 22.0. The van der Waals surface area contributed by atoms with E-state index in [0.717, 1.165) is 28.2 Å². The van der Waals surface area contributed by atoms with Gasteiger partial charge in [-0.25, -0.2) is 19.2 Å². The fourth-order valence-corrected chi connectivity index (χ4v) is 3.91. The number of nitrogens with zero attached hydrogens (tertiary/aromatic N) is 4. The lowest BCUT2D eigenvalue weighted by Gasteiger charge is -2.36. The summed E-state index contributed by atoms with van der Waals surface area (Å²) >= 11 is 5.80. The smallest absolute Gasteiger partial charge is 0.321 e. The molecule has 8 heteroatoms. The lowest BCUT2D eigenvalue weighted by Crippen LogP contribution is -2.50. The van der Waals surface area contributed by atoms with Crippen molar-refractivity contribution < 1.29 is 9.18 Å². The molecule has 0 unspecified atom stereocenters. The molecule has 2 aromatic carbocycles. The summed E-state index contributed by atoms with van der Waals surface area (Å²) in [5.41, 5.74) is 4.60. The number of halogens is 2. The van der Waals surface area contributed by atoms with Crippen molar-refractivity contribution in [3.63, 3.8) is 0 Å². The van der Waals surface area contributed by atoms with Crippen LogP contribution in [0.25, 0.3) is 11.4 Å². The van der Waals surface area contributed by atoms with Gasteiger partial charge in [0.25, 0.3) is 0 Å². The van der Waals surface area contributed by atoms with Crippen molar-refractivity contribution in [2.75, 3.05) is 36.4 Å². The Hall–Kier alpha value is -3.19. The minimum Gasteiger partial charge on any atom is -0.353 e. The van der Waals surface area contributed by atoms with E-state index in [1.54, 1.807) is 4.90 Å². The van der Waals surface area contributed by atoms with E-state index in [1.165, 1.54) is 18.2 Å². The second-order valence-corrected chi connectivity index (χ2v) is 8.39. The highest BCUT2D eigenvalue weighted by molar-refractivity contribution is 6.31. The Morgan fingerprint density at radius 2 is 1.78 bits per heavy atom. The van der Waals surface area contributed by atoms with Crippen LogP contribution in [0.2, 0.25) is 5.02 Å². The monoisotopic (exact) mass is 453 g/mol. The van der Waals surface area contributed by atoms with Gasteiger partial charge >= 0.3 is 6.03 Å². The number of aryl methyl sites for hydroxylation is 2. The molecule has 0 atom stereocenters. The largest absolute Gasteiger partial charge is 0.353 e. The van der Waals surface area contributed by atoms with Crippen LogP contribution in [0.15, 0.2) is 42.5 Å². The van der Waals surface area contributed by atoms with Gasteiger partial charge in [-0.15, -0.1) is 0 Å². The number of hydrogen-bond donors (Lipinski definition) is 1. The Bertz CT molecular complexity index is 1160. The van der Waals surface area contributed by atoms with Crippen LogP contribution in [-0.2, 0) is 0 Å². The van der Waals surface area contributed by atoms with Gasteiger partial charge in [-0.2, -0.15) is 0 Å². The predicted molar refractivity (Wildman–Crippen MR) is 126 cm³/mol. The van der Waals surface area contributed by atoms with Gasteiger partial charge in [0.05, 0.1) is 5.02 Å². The van der Waals surface area contributed by atoms with Gasteiger partial charge in [-0.3, -0.25) is 0 Å². The number of amides is 2. The minimum atomic E-state index is -0.515. The third-order valence-corrected chi connectivity index (χ3v) is 5.97. The predicted octanol–water partition coefficient (Wildman–Crippen LogP) is 5.22. The van der Waals surface area contributed by atoms with Gasteiger partial charge in [-0.1, -0.05) is 35.4 Å². The number of nitrogens with one attached hydrogen (secondary N) is 1. The normalized spacial score (nSPS) is 13.9. The van der Waals surface area contributed by atoms with Crippen LogP contribution in [0.4, 0.5) is 20.7 Å². The van der Waals surface area contributed by atoms with E-state index in [4.69, 9.17) is 21.6 Å². The number of carbonyl (C=O) groups excluding carboxylic acids is 1. The summed E-state index contributed by atoms with van der Waals surface area (Å²) in [5, 5.41) is 2.76. The summed E-state index contributed by atoms with van der Waals surface area (Å²) in [4.78, 5) is 26.1. The molecule has 1 N–H and O–H groups in total. The Morgan fingerprint density at radius 3 is 2.47 bits per heavy atom. The summed E-state index contributed by atoms with van der Waals surface area (Å²) in [6, 6.07) is 12.1. The van der Waals surface area contributed by atoms with E-state index in [-0.39, 0.29) is 11.1 Å². The van der Waals surface area contributed by atoms with Crippen LogP contribution < -0.4 is 10.2 Å². The number of benzene rings is 2. The molecule has 0 aliphatic carbocycles. The molecule has 1 aliphatic heterocycles. The topological polar surface area (TPSA) is 61.4 Å². The van der Waals surface area contributed by atoms with Gasteiger partial charge < -0.3 is 15.1 Å². The highest BCUT2D eigenvalue weighted by atomic mass is 35.5. The Morgan fingerprint density at radius 1 is 1.03 bits per heavy atom. The first-order chi connectivity index (χ1) is 15.3. The molecular formula is C24H25ClFN5O. The molecule has 166 valence electrons. The molecule has 2 amide bonds. The summed E-state index contributed by atoms with van der Waals surface area (Å²) in [6.07, 6.45) is 0. The van der Waals surface area contributed by atoms with E-state index < -0.39 is 5.82 Å². The van der Waals surface area contributed by atoms with Crippen molar-refractivity contribution in [2.45, 2.75) is 20.8 Å². The van der Waals surface area contributed by atoms with Crippen LogP contribution >= 0.6 is 11.6 Å². The first-order valence-corrected chi connectivity index (χ1v) is 10.9. The first-order valence-electron chi connectivity index (χ1n) is 10.5. The van der Waals surface area contributed by atoms with Gasteiger partial charge in [0.1, 0.15) is 11.6 Å². The summed E-state index contributed by atoms with van der Waals surface area (Å²) in [5.74, 6) is 1.10. The van der Waals surface area contributed by atoms with Gasteiger partial charge in [0.15, 0.2) is 5.82 Å². The second kappa shape index (κ2) is 9.12. The highest BCUT2D eigenvalue weighted by Gasteiger charge is 2.24. The zero-order chi connectivity index (χ0) is 22.8. The van der Waals surface area contributed by atoms with Gasteiger partial charge in [0, 0.05) is 48.7 Å². The number of carbonyl (C=O) groups is 1. The Kier molecular flexibility index (Phi) is 6.28. The number of hydrogen-bond acceptors (Lipinski definition) is 4. The minimum absolute atomic E-state index is 0.0216. The lowest BCUT2D eigenvalue weighted by molar-refractivity contribution is 0.208. The van der Waals surface area contributed by atoms with Crippen LogP contribution in [0.1, 0.15) is 16.8 Å². The summed E-state index contributed by atoms with van der Waals surface area (Å²) < 4.78 is 13.3. The summed E-state index contributed by atoms with van der Waals surface area (Å²) in [6.45, 7) is 8.48. The maximum Gasteiger partial charge on any atom is 0.321 e. The Labute approximate surface area is 192 Å². The van der Waals surface area contributed by atoms with Crippen molar-refractivity contribution >= 4 is 29.1 Å². The highest BCUT2D eigenvalue weighted by Crippen LogP contribution is 2.26. The molecule has 1 aliphatic rings. The quantitative estimate of drug-likeness (QED) is 0.591. The van der Waals surface area contributed by atoms with Crippen molar-refractivity contribution in [2.24, 2.45) is 0 Å². The molecule has 4 rings (SSSR count). The molecule has 1 fully saturated rings.